The predicted octanol–water partition coefficient (Wildman–Crippen LogP) is -0.276. The van der Waals surface area contributed by atoms with Crippen LogP contribution < -0.4 is 5.73 Å². The molecule has 276 valence electrons. The van der Waals surface area contributed by atoms with Gasteiger partial charge in [0.1, 0.15) is 0 Å². The Hall–Kier alpha value is -1.09. The molecule has 0 radical (unpaired) electrons. The van der Waals surface area contributed by atoms with E-state index in [1.54, 1.807) is 0 Å². The number of methoxy groups -OCH3 is 1. The van der Waals surface area contributed by atoms with E-state index in [1.807, 2.05) is 0 Å². The van der Waals surface area contributed by atoms with Gasteiger partial charge in [-0.05, 0) is 0 Å². The molecule has 0 aliphatic heterocycles. The smallest absolute Gasteiger partial charge is 0.307 e. The second-order valence-electron chi connectivity index (χ2n) is 9.08. The first-order chi connectivity index (χ1) is 22.8. The zero-order valence-electron chi connectivity index (χ0n) is 28.0. The van der Waals surface area contributed by atoms with Crippen LogP contribution in [-0.2, 0) is 71.1 Å². The van der Waals surface area contributed by atoms with E-state index in [4.69, 9.17) is 67.3 Å². The molecule has 16 nitrogen and oxygen atoms in total. The van der Waals surface area contributed by atoms with Gasteiger partial charge in [-0.25, -0.2) is 0 Å². The number of carbonyl (C=O) groups is 1. The highest BCUT2D eigenvalue weighted by molar-refractivity contribution is 5.69. The van der Waals surface area contributed by atoms with E-state index < -0.39 is 0 Å². The highest BCUT2D eigenvalue weighted by Crippen LogP contribution is 1.89. The topological polar surface area (TPSA) is 172 Å². The highest BCUT2D eigenvalue weighted by atomic mass is 16.6. The van der Waals surface area contributed by atoms with Crippen molar-refractivity contribution in [3.05, 3.63) is 0 Å². The van der Waals surface area contributed by atoms with Crippen LogP contribution in [0.1, 0.15) is 6.42 Å². The van der Waals surface area contributed by atoms with E-state index in [0.29, 0.717) is 178 Å². The van der Waals surface area contributed by atoms with Crippen molar-refractivity contribution in [3.63, 3.8) is 0 Å². The molecule has 0 rings (SSSR count). The molecule has 0 aliphatic rings. The fraction of sp³-hybridized carbons (Fsp3) is 0.967. The van der Waals surface area contributed by atoms with Gasteiger partial charge < -0.3 is 72.0 Å². The first-order valence-electron chi connectivity index (χ1n) is 16.1. The van der Waals surface area contributed by atoms with Crippen molar-refractivity contribution in [2.24, 2.45) is 5.73 Å². The summed E-state index contributed by atoms with van der Waals surface area (Å²) in [4.78, 5) is 10.9. The van der Waals surface area contributed by atoms with Crippen LogP contribution in [0.2, 0.25) is 0 Å². The molecule has 0 heterocycles. The van der Waals surface area contributed by atoms with E-state index in [0.717, 1.165) is 0 Å². The first kappa shape index (κ1) is 44.9. The largest absolute Gasteiger partial charge is 0.469 e. The number of hydrogen-bond acceptors (Lipinski definition) is 16. The van der Waals surface area contributed by atoms with Crippen molar-refractivity contribution in [2.45, 2.75) is 6.42 Å². The third-order valence-electron chi connectivity index (χ3n) is 5.40. The molecular weight excluding hydrogens is 614 g/mol. The van der Waals surface area contributed by atoms with Gasteiger partial charge in [0.15, 0.2) is 0 Å². The number of ether oxygens (including phenoxy) is 14. The van der Waals surface area contributed by atoms with Crippen molar-refractivity contribution < 1.29 is 71.1 Å². The summed E-state index contributed by atoms with van der Waals surface area (Å²) >= 11 is 0. The summed E-state index contributed by atoms with van der Waals surface area (Å²) in [5, 5.41) is 0. The lowest BCUT2D eigenvalue weighted by molar-refractivity contribution is -0.141. The zero-order chi connectivity index (χ0) is 33.3. The van der Waals surface area contributed by atoms with Gasteiger partial charge in [0.05, 0.1) is 185 Å². The normalized spacial score (nSPS) is 11.4. The third kappa shape index (κ3) is 40.9. The van der Waals surface area contributed by atoms with Gasteiger partial charge in [-0.2, -0.15) is 0 Å². The third-order valence-corrected chi connectivity index (χ3v) is 5.40. The fourth-order valence-corrected chi connectivity index (χ4v) is 3.08. The molecule has 0 fully saturated rings. The van der Waals surface area contributed by atoms with Gasteiger partial charge in [0.25, 0.3) is 0 Å². The lowest BCUT2D eigenvalue weighted by Gasteiger charge is -2.09. The standard InChI is InChI=1S/C30H61NO15/c1-33-30(32)2-4-34-6-8-36-10-12-38-14-16-40-18-20-42-22-24-44-26-28-46-29-27-45-25-23-43-21-19-41-17-15-39-13-11-37-9-7-35-5-3-31/h2-29,31H2,1H3. The number of rotatable bonds is 41. The van der Waals surface area contributed by atoms with E-state index >= 15 is 0 Å². The minimum atomic E-state index is -0.287. The van der Waals surface area contributed by atoms with Gasteiger partial charge in [0, 0.05) is 6.54 Å². The Morgan fingerprint density at radius 2 is 0.500 bits per heavy atom. The van der Waals surface area contributed by atoms with Crippen molar-refractivity contribution in [2.75, 3.05) is 185 Å². The Morgan fingerprint density at radius 3 is 0.674 bits per heavy atom. The lowest BCUT2D eigenvalue weighted by Crippen LogP contribution is -2.16. The number of nitrogens with two attached hydrogens (primary N) is 1. The molecule has 0 unspecified atom stereocenters. The van der Waals surface area contributed by atoms with Crippen molar-refractivity contribution in [1.29, 1.82) is 0 Å². The summed E-state index contributed by atoms with van der Waals surface area (Å²) < 4.78 is 74.8. The van der Waals surface area contributed by atoms with Crippen LogP contribution >= 0.6 is 0 Å². The average Bonchev–Trinajstić information content (AvgIpc) is 3.07. The Labute approximate surface area is 274 Å². The zero-order valence-corrected chi connectivity index (χ0v) is 28.0. The first-order valence-corrected chi connectivity index (χ1v) is 16.1. The molecule has 16 heteroatoms. The highest BCUT2D eigenvalue weighted by Gasteiger charge is 1.99. The van der Waals surface area contributed by atoms with Gasteiger partial charge in [-0.15, -0.1) is 0 Å². The summed E-state index contributed by atoms with van der Waals surface area (Å²) in [6, 6.07) is 0. The molecule has 0 aromatic heterocycles. The molecule has 0 saturated heterocycles. The maximum absolute atomic E-state index is 10.9. The van der Waals surface area contributed by atoms with E-state index in [2.05, 4.69) is 4.74 Å². The number of carbonyl (C=O) groups excluding carboxylic acids is 1. The van der Waals surface area contributed by atoms with Gasteiger partial charge in [-0.1, -0.05) is 0 Å². The average molecular weight is 676 g/mol. The summed E-state index contributed by atoms with van der Waals surface area (Å²) in [6.45, 7) is 13.4. The molecule has 0 aromatic carbocycles. The van der Waals surface area contributed by atoms with Crippen LogP contribution in [0.5, 0.6) is 0 Å². The minimum absolute atomic E-state index is 0.243. The van der Waals surface area contributed by atoms with Crippen LogP contribution in [0.15, 0.2) is 0 Å². The van der Waals surface area contributed by atoms with Gasteiger partial charge >= 0.3 is 5.97 Å². The number of esters is 1. The van der Waals surface area contributed by atoms with Crippen molar-refractivity contribution >= 4 is 5.97 Å². The van der Waals surface area contributed by atoms with Crippen molar-refractivity contribution in [3.8, 4) is 0 Å². The van der Waals surface area contributed by atoms with E-state index in [1.165, 1.54) is 7.11 Å². The predicted molar refractivity (Wildman–Crippen MR) is 166 cm³/mol. The van der Waals surface area contributed by atoms with E-state index in [9.17, 15) is 4.79 Å². The molecule has 0 spiro atoms. The van der Waals surface area contributed by atoms with Gasteiger partial charge in [0.2, 0.25) is 0 Å². The summed E-state index contributed by atoms with van der Waals surface area (Å²) in [5.74, 6) is -0.287. The molecule has 2 N–H and O–H groups in total. The van der Waals surface area contributed by atoms with Crippen LogP contribution in [0.4, 0.5) is 0 Å². The molecule has 0 aliphatic carbocycles. The summed E-state index contributed by atoms with van der Waals surface area (Å²) in [7, 11) is 1.35. The molecule has 0 amide bonds. The molecule has 46 heavy (non-hydrogen) atoms. The van der Waals surface area contributed by atoms with Crippen LogP contribution in [-0.4, -0.2) is 191 Å². The quantitative estimate of drug-likeness (QED) is 0.0662. The van der Waals surface area contributed by atoms with Crippen LogP contribution in [0, 0.1) is 0 Å². The Kier molecular flexibility index (Phi) is 40.9. The second kappa shape index (κ2) is 41.9. The SMILES string of the molecule is COC(=O)CCOCCOCCOCCOCCOCCOCCOCCOCCOCCOCCOCCOCCOCCN. The Balaban J connectivity index is 3.05. The monoisotopic (exact) mass is 675 g/mol. The molecular formula is C30H61NO15. The lowest BCUT2D eigenvalue weighted by atomic mass is 10.5. The second-order valence-corrected chi connectivity index (χ2v) is 9.08. The Morgan fingerprint density at radius 1 is 0.326 bits per heavy atom. The molecule has 0 bridgehead atoms. The molecule has 0 aromatic rings. The van der Waals surface area contributed by atoms with Crippen molar-refractivity contribution in [1.82, 2.24) is 0 Å². The van der Waals surface area contributed by atoms with Crippen LogP contribution in [0.25, 0.3) is 0 Å². The minimum Gasteiger partial charge on any atom is -0.469 e. The van der Waals surface area contributed by atoms with Gasteiger partial charge in [-0.3, -0.25) is 4.79 Å². The maximum Gasteiger partial charge on any atom is 0.307 e. The summed E-state index contributed by atoms with van der Waals surface area (Å²) in [6.07, 6.45) is 0.243. The number of hydrogen-bond donors (Lipinski definition) is 1. The maximum atomic E-state index is 10.9. The molecule has 0 atom stereocenters. The summed E-state index contributed by atoms with van der Waals surface area (Å²) in [5.41, 5.74) is 5.33. The molecule has 0 saturated carbocycles. The van der Waals surface area contributed by atoms with E-state index in [-0.39, 0.29) is 12.4 Å². The fourth-order valence-electron chi connectivity index (χ4n) is 3.08. The van der Waals surface area contributed by atoms with Crippen LogP contribution in [0.3, 0.4) is 0 Å². The Bertz CT molecular complexity index is 580.